The number of hydrogen-bond donors (Lipinski definition) is 2. The van der Waals surface area contributed by atoms with Gasteiger partial charge in [-0.05, 0) is 13.3 Å². The normalized spacial score (nSPS) is 37.7. The van der Waals surface area contributed by atoms with Crippen molar-refractivity contribution < 1.29 is 13.5 Å². The molecule has 1 aliphatic rings. The number of sulfonamides is 1. The number of nitrogens with zero attached hydrogens (tertiary/aromatic N) is 1. The maximum Gasteiger partial charge on any atom is 0.211 e. The number of aliphatic hydroxyl groups is 1. The first-order chi connectivity index (χ1) is 5.73. The Balaban J connectivity index is 2.78. The molecule has 13 heavy (non-hydrogen) atoms. The van der Waals surface area contributed by atoms with Crippen LogP contribution in [0.2, 0.25) is 0 Å². The minimum atomic E-state index is -3.20. The van der Waals surface area contributed by atoms with E-state index >= 15 is 0 Å². The van der Waals surface area contributed by atoms with Crippen molar-refractivity contribution in [3.05, 3.63) is 0 Å². The monoisotopic (exact) mass is 208 g/mol. The summed E-state index contributed by atoms with van der Waals surface area (Å²) >= 11 is 0. The number of rotatable bonds is 1. The molecule has 0 saturated carbocycles. The van der Waals surface area contributed by atoms with E-state index in [-0.39, 0.29) is 12.6 Å². The average molecular weight is 208 g/mol. The SMILES string of the molecule is CC1(O)CN(S(C)(=O)=O)CC[C@H]1N. The van der Waals surface area contributed by atoms with Gasteiger partial charge in [-0.1, -0.05) is 0 Å². The molecule has 5 nitrogen and oxygen atoms in total. The molecule has 78 valence electrons. The number of β-amino-alcohol motifs (C(OH)–C–C–N with tert-alkyl or cyclic N) is 1. The van der Waals surface area contributed by atoms with E-state index in [2.05, 4.69) is 0 Å². The summed E-state index contributed by atoms with van der Waals surface area (Å²) in [6.07, 6.45) is 1.64. The van der Waals surface area contributed by atoms with Crippen molar-refractivity contribution in [3.63, 3.8) is 0 Å². The van der Waals surface area contributed by atoms with Crippen molar-refractivity contribution in [2.24, 2.45) is 5.73 Å². The van der Waals surface area contributed by atoms with Crippen LogP contribution in [0.5, 0.6) is 0 Å². The van der Waals surface area contributed by atoms with Crippen molar-refractivity contribution in [2.45, 2.75) is 25.0 Å². The lowest BCUT2D eigenvalue weighted by Crippen LogP contribution is -2.59. The number of nitrogens with two attached hydrogens (primary N) is 1. The summed E-state index contributed by atoms with van der Waals surface area (Å²) in [4.78, 5) is 0. The molecule has 0 aromatic carbocycles. The van der Waals surface area contributed by atoms with E-state index < -0.39 is 15.6 Å². The minimum Gasteiger partial charge on any atom is -0.387 e. The molecule has 1 unspecified atom stereocenters. The fraction of sp³-hybridized carbons (Fsp3) is 1.00. The van der Waals surface area contributed by atoms with Crippen LogP contribution in [0.3, 0.4) is 0 Å². The summed E-state index contributed by atoms with van der Waals surface area (Å²) in [7, 11) is -3.20. The lowest BCUT2D eigenvalue weighted by Gasteiger charge is -2.39. The molecule has 1 rings (SSSR count). The Labute approximate surface area is 78.6 Å². The zero-order chi connectivity index (χ0) is 10.3. The van der Waals surface area contributed by atoms with Crippen LogP contribution in [0.25, 0.3) is 0 Å². The molecule has 0 radical (unpaired) electrons. The molecule has 1 aliphatic heterocycles. The first kappa shape index (κ1) is 10.9. The summed E-state index contributed by atoms with van der Waals surface area (Å²) in [6, 6.07) is -0.342. The van der Waals surface area contributed by atoms with Crippen LogP contribution in [0, 0.1) is 0 Å². The molecule has 1 fully saturated rings. The van der Waals surface area contributed by atoms with Crippen molar-refractivity contribution in [1.29, 1.82) is 0 Å². The van der Waals surface area contributed by atoms with Gasteiger partial charge in [0.2, 0.25) is 10.0 Å². The minimum absolute atomic E-state index is 0.0903. The van der Waals surface area contributed by atoms with Crippen molar-refractivity contribution >= 4 is 10.0 Å². The third-order valence-electron chi connectivity index (χ3n) is 2.45. The van der Waals surface area contributed by atoms with Crippen LogP contribution >= 0.6 is 0 Å². The van der Waals surface area contributed by atoms with Crippen LogP contribution < -0.4 is 5.73 Å². The first-order valence-corrected chi connectivity index (χ1v) is 6.01. The summed E-state index contributed by atoms with van der Waals surface area (Å²) in [6.45, 7) is 2.05. The van der Waals surface area contributed by atoms with Crippen LogP contribution in [0.4, 0.5) is 0 Å². The highest BCUT2D eigenvalue weighted by Gasteiger charge is 2.38. The highest BCUT2D eigenvalue weighted by molar-refractivity contribution is 7.88. The van der Waals surface area contributed by atoms with Crippen molar-refractivity contribution in [2.75, 3.05) is 19.3 Å². The van der Waals surface area contributed by atoms with Gasteiger partial charge >= 0.3 is 0 Å². The Hall–Kier alpha value is -0.170. The highest BCUT2D eigenvalue weighted by Crippen LogP contribution is 2.21. The summed E-state index contributed by atoms with van der Waals surface area (Å²) in [5.74, 6) is 0. The molecule has 0 amide bonds. The largest absolute Gasteiger partial charge is 0.387 e. The van der Waals surface area contributed by atoms with E-state index in [1.165, 1.54) is 4.31 Å². The Morgan fingerprint density at radius 3 is 2.54 bits per heavy atom. The Morgan fingerprint density at radius 2 is 2.15 bits per heavy atom. The molecule has 0 aliphatic carbocycles. The van der Waals surface area contributed by atoms with E-state index in [0.717, 1.165) is 6.26 Å². The second kappa shape index (κ2) is 3.20. The van der Waals surface area contributed by atoms with E-state index in [1.54, 1.807) is 6.92 Å². The predicted octanol–water partition coefficient (Wildman–Crippen LogP) is -1.27. The highest BCUT2D eigenvalue weighted by atomic mass is 32.2. The topological polar surface area (TPSA) is 83.6 Å². The third-order valence-corrected chi connectivity index (χ3v) is 3.70. The predicted molar refractivity (Wildman–Crippen MR) is 49.6 cm³/mol. The molecule has 6 heteroatoms. The molecule has 2 atom stereocenters. The van der Waals surface area contributed by atoms with Gasteiger partial charge in [-0.2, -0.15) is 4.31 Å². The van der Waals surface area contributed by atoms with E-state index in [1.807, 2.05) is 0 Å². The number of hydrogen-bond acceptors (Lipinski definition) is 4. The molecule has 3 N–H and O–H groups in total. The van der Waals surface area contributed by atoms with Crippen molar-refractivity contribution in [3.8, 4) is 0 Å². The van der Waals surface area contributed by atoms with Crippen molar-refractivity contribution in [1.82, 2.24) is 4.31 Å². The van der Waals surface area contributed by atoms with Gasteiger partial charge in [-0.3, -0.25) is 0 Å². The molecule has 0 aromatic rings. The van der Waals surface area contributed by atoms with Crippen LogP contribution in [-0.4, -0.2) is 48.8 Å². The fourth-order valence-corrected chi connectivity index (χ4v) is 2.36. The first-order valence-electron chi connectivity index (χ1n) is 4.16. The maximum absolute atomic E-state index is 11.2. The van der Waals surface area contributed by atoms with Gasteiger partial charge in [-0.25, -0.2) is 8.42 Å². The van der Waals surface area contributed by atoms with Gasteiger partial charge in [0, 0.05) is 19.1 Å². The van der Waals surface area contributed by atoms with Gasteiger partial charge in [-0.15, -0.1) is 0 Å². The molecule has 1 saturated heterocycles. The standard InChI is InChI=1S/C7H16N2O3S/c1-7(10)5-9(13(2,11)12)4-3-6(7)8/h6,10H,3-5,8H2,1-2H3/t6-,7?/m1/s1. The lowest BCUT2D eigenvalue weighted by atomic mass is 9.91. The molecule has 0 aromatic heterocycles. The van der Waals surface area contributed by atoms with Gasteiger partial charge in [0.1, 0.15) is 0 Å². The molecule has 0 bridgehead atoms. The maximum atomic E-state index is 11.2. The van der Waals surface area contributed by atoms with Crippen LogP contribution in [0.1, 0.15) is 13.3 Å². The van der Waals surface area contributed by atoms with Crippen LogP contribution in [0.15, 0.2) is 0 Å². The summed E-state index contributed by atoms with van der Waals surface area (Å²) in [5, 5.41) is 9.75. The van der Waals surface area contributed by atoms with E-state index in [0.29, 0.717) is 13.0 Å². The summed E-state index contributed by atoms with van der Waals surface area (Å²) < 4.78 is 23.6. The van der Waals surface area contributed by atoms with Crippen LogP contribution in [-0.2, 0) is 10.0 Å². The fourth-order valence-electron chi connectivity index (χ4n) is 1.43. The second-order valence-corrected chi connectivity index (χ2v) is 5.83. The lowest BCUT2D eigenvalue weighted by molar-refractivity contribution is -0.00838. The Morgan fingerprint density at radius 1 is 1.62 bits per heavy atom. The zero-order valence-electron chi connectivity index (χ0n) is 7.90. The molecule has 0 spiro atoms. The van der Waals surface area contributed by atoms with Gasteiger partial charge in [0.15, 0.2) is 0 Å². The molecule has 1 heterocycles. The smallest absolute Gasteiger partial charge is 0.211 e. The van der Waals surface area contributed by atoms with Gasteiger partial charge in [0.05, 0.1) is 11.9 Å². The quantitative estimate of drug-likeness (QED) is 0.563. The number of piperidine rings is 1. The third kappa shape index (κ3) is 2.40. The van der Waals surface area contributed by atoms with E-state index in [9.17, 15) is 13.5 Å². The van der Waals surface area contributed by atoms with Gasteiger partial charge in [0.25, 0.3) is 0 Å². The Kier molecular flexibility index (Phi) is 2.68. The Bertz CT molecular complexity index is 286. The average Bonchev–Trinajstić information content (AvgIpc) is 1.92. The van der Waals surface area contributed by atoms with Gasteiger partial charge < -0.3 is 10.8 Å². The molecular formula is C7H16N2O3S. The molecular weight excluding hydrogens is 192 g/mol. The second-order valence-electron chi connectivity index (χ2n) is 3.85. The zero-order valence-corrected chi connectivity index (χ0v) is 8.71. The summed E-state index contributed by atoms with van der Waals surface area (Å²) in [5.41, 5.74) is 4.54. The van der Waals surface area contributed by atoms with E-state index in [4.69, 9.17) is 5.73 Å².